The lowest BCUT2D eigenvalue weighted by Crippen LogP contribution is -2.18. The van der Waals surface area contributed by atoms with E-state index in [1.54, 1.807) is 12.1 Å². The molecule has 0 bridgehead atoms. The van der Waals surface area contributed by atoms with Crippen LogP contribution in [0.3, 0.4) is 0 Å². The molecule has 1 heterocycles. The summed E-state index contributed by atoms with van der Waals surface area (Å²) in [6.45, 7) is 8.06. The number of benzene rings is 1. The molecule has 0 atom stereocenters. The minimum Gasteiger partial charge on any atom is -0.322 e. The maximum Gasteiger partial charge on any atom is 0.255 e. The monoisotopic (exact) mass is 302 g/mol. The van der Waals surface area contributed by atoms with Crippen molar-refractivity contribution in [2.24, 2.45) is 0 Å². The highest BCUT2D eigenvalue weighted by Crippen LogP contribution is 2.24. The van der Waals surface area contributed by atoms with Crippen LogP contribution in [-0.4, -0.2) is 10.9 Å². The molecule has 1 N–H and O–H groups in total. The molecule has 21 heavy (non-hydrogen) atoms. The molecule has 1 amide bonds. The fourth-order valence-corrected chi connectivity index (χ4v) is 2.13. The molecule has 0 aliphatic rings. The Balaban J connectivity index is 2.32. The van der Waals surface area contributed by atoms with Crippen molar-refractivity contribution in [2.75, 3.05) is 5.32 Å². The SMILES string of the molecule is Cc1ccccc1NC(=O)c1cc(Cl)nc(C(C)(C)C)c1. The van der Waals surface area contributed by atoms with Crippen molar-refractivity contribution in [2.45, 2.75) is 33.1 Å². The first-order chi connectivity index (χ1) is 9.77. The Labute approximate surface area is 130 Å². The van der Waals surface area contributed by atoms with E-state index in [0.29, 0.717) is 10.7 Å². The van der Waals surface area contributed by atoms with Gasteiger partial charge in [0.1, 0.15) is 5.15 Å². The molecule has 0 radical (unpaired) electrons. The lowest BCUT2D eigenvalue weighted by molar-refractivity contribution is 0.102. The van der Waals surface area contributed by atoms with Crippen LogP contribution in [0.1, 0.15) is 42.4 Å². The average molecular weight is 303 g/mol. The van der Waals surface area contributed by atoms with Gasteiger partial charge in [0.15, 0.2) is 0 Å². The van der Waals surface area contributed by atoms with Gasteiger partial charge < -0.3 is 5.32 Å². The van der Waals surface area contributed by atoms with Gasteiger partial charge in [0, 0.05) is 22.4 Å². The van der Waals surface area contributed by atoms with Gasteiger partial charge >= 0.3 is 0 Å². The van der Waals surface area contributed by atoms with Crippen LogP contribution < -0.4 is 5.32 Å². The number of pyridine rings is 1. The van der Waals surface area contributed by atoms with Crippen LogP contribution in [-0.2, 0) is 5.41 Å². The second-order valence-electron chi connectivity index (χ2n) is 6.08. The molecule has 3 nitrogen and oxygen atoms in total. The van der Waals surface area contributed by atoms with E-state index >= 15 is 0 Å². The minimum absolute atomic E-state index is 0.164. The maximum atomic E-state index is 12.4. The fourth-order valence-electron chi connectivity index (χ4n) is 1.92. The molecular formula is C17H19ClN2O. The van der Waals surface area contributed by atoms with Gasteiger partial charge in [0.05, 0.1) is 0 Å². The van der Waals surface area contributed by atoms with Crippen LogP contribution in [0.2, 0.25) is 5.15 Å². The summed E-state index contributed by atoms with van der Waals surface area (Å²) in [6, 6.07) is 11.0. The van der Waals surface area contributed by atoms with Gasteiger partial charge in [-0.05, 0) is 30.7 Å². The molecule has 1 aromatic carbocycles. The summed E-state index contributed by atoms with van der Waals surface area (Å²) in [5.74, 6) is -0.181. The third kappa shape index (κ3) is 3.82. The zero-order chi connectivity index (χ0) is 15.6. The molecule has 0 spiro atoms. The van der Waals surface area contributed by atoms with Crippen LogP contribution in [0.4, 0.5) is 5.69 Å². The van der Waals surface area contributed by atoms with Crippen molar-refractivity contribution in [3.8, 4) is 0 Å². The Hall–Kier alpha value is -1.87. The number of aromatic nitrogens is 1. The highest BCUT2D eigenvalue weighted by atomic mass is 35.5. The quantitative estimate of drug-likeness (QED) is 0.824. The standard InChI is InChI=1S/C17H19ClN2O/c1-11-7-5-6-8-13(11)19-16(21)12-9-14(17(2,3)4)20-15(18)10-12/h5-10H,1-4H3,(H,19,21). The van der Waals surface area contributed by atoms with Crippen molar-refractivity contribution in [1.29, 1.82) is 0 Å². The van der Waals surface area contributed by atoms with Crippen molar-refractivity contribution in [1.82, 2.24) is 4.98 Å². The largest absolute Gasteiger partial charge is 0.322 e. The molecule has 0 saturated heterocycles. The summed E-state index contributed by atoms with van der Waals surface area (Å²) < 4.78 is 0. The Morgan fingerprint density at radius 2 is 1.86 bits per heavy atom. The third-order valence-corrected chi connectivity index (χ3v) is 3.41. The van der Waals surface area contributed by atoms with Gasteiger partial charge in [-0.1, -0.05) is 50.6 Å². The van der Waals surface area contributed by atoms with Gasteiger partial charge in [0.25, 0.3) is 5.91 Å². The molecule has 2 aromatic rings. The van der Waals surface area contributed by atoms with E-state index in [4.69, 9.17) is 11.6 Å². The summed E-state index contributed by atoms with van der Waals surface area (Å²) in [7, 11) is 0. The number of nitrogens with one attached hydrogen (secondary N) is 1. The predicted molar refractivity (Wildman–Crippen MR) is 87.1 cm³/mol. The Morgan fingerprint density at radius 1 is 1.19 bits per heavy atom. The second-order valence-corrected chi connectivity index (χ2v) is 6.47. The van der Waals surface area contributed by atoms with Crippen LogP contribution in [0.25, 0.3) is 0 Å². The molecule has 0 saturated carbocycles. The number of amides is 1. The van der Waals surface area contributed by atoms with Crippen LogP contribution in [0, 0.1) is 6.92 Å². The Morgan fingerprint density at radius 3 is 2.48 bits per heavy atom. The molecule has 110 valence electrons. The molecular weight excluding hydrogens is 284 g/mol. The Kier molecular flexibility index (Phi) is 4.33. The first-order valence-corrected chi connectivity index (χ1v) is 7.20. The minimum atomic E-state index is -0.181. The molecule has 0 aliphatic carbocycles. The van der Waals surface area contributed by atoms with Gasteiger partial charge in [0.2, 0.25) is 0 Å². The summed E-state index contributed by atoms with van der Waals surface area (Å²) in [4.78, 5) is 16.7. The highest BCUT2D eigenvalue weighted by molar-refractivity contribution is 6.29. The summed E-state index contributed by atoms with van der Waals surface area (Å²) in [5, 5.41) is 3.24. The van der Waals surface area contributed by atoms with Gasteiger partial charge in [-0.2, -0.15) is 0 Å². The van der Waals surface area contributed by atoms with Crippen molar-refractivity contribution >= 4 is 23.2 Å². The number of anilines is 1. The highest BCUT2D eigenvalue weighted by Gasteiger charge is 2.19. The van der Waals surface area contributed by atoms with Gasteiger partial charge in [-0.3, -0.25) is 4.79 Å². The van der Waals surface area contributed by atoms with E-state index in [2.05, 4.69) is 10.3 Å². The second kappa shape index (κ2) is 5.86. The number of nitrogens with zero attached hydrogens (tertiary/aromatic N) is 1. The van der Waals surface area contributed by atoms with Crippen molar-refractivity contribution < 1.29 is 4.79 Å². The van der Waals surface area contributed by atoms with E-state index in [0.717, 1.165) is 16.9 Å². The number of rotatable bonds is 2. The number of carbonyl (C=O) groups excluding carboxylic acids is 1. The van der Waals surface area contributed by atoms with E-state index in [1.165, 1.54) is 0 Å². The molecule has 4 heteroatoms. The zero-order valence-corrected chi connectivity index (χ0v) is 13.5. The number of hydrogen-bond donors (Lipinski definition) is 1. The molecule has 1 aromatic heterocycles. The molecule has 0 aliphatic heterocycles. The van der Waals surface area contributed by atoms with Gasteiger partial charge in [-0.15, -0.1) is 0 Å². The average Bonchev–Trinajstić information content (AvgIpc) is 2.39. The number of para-hydroxylation sites is 1. The van der Waals surface area contributed by atoms with Crippen LogP contribution >= 0.6 is 11.6 Å². The van der Waals surface area contributed by atoms with Crippen molar-refractivity contribution in [3.63, 3.8) is 0 Å². The lowest BCUT2D eigenvalue weighted by atomic mass is 9.91. The number of hydrogen-bond acceptors (Lipinski definition) is 2. The first-order valence-electron chi connectivity index (χ1n) is 6.82. The van der Waals surface area contributed by atoms with E-state index < -0.39 is 0 Å². The van der Waals surface area contributed by atoms with Crippen LogP contribution in [0.5, 0.6) is 0 Å². The third-order valence-electron chi connectivity index (χ3n) is 3.22. The number of aryl methyl sites for hydroxylation is 1. The predicted octanol–water partition coefficient (Wildman–Crippen LogP) is 4.59. The van der Waals surface area contributed by atoms with E-state index in [9.17, 15) is 4.79 Å². The molecule has 0 fully saturated rings. The van der Waals surface area contributed by atoms with E-state index in [-0.39, 0.29) is 11.3 Å². The van der Waals surface area contributed by atoms with Crippen LogP contribution in [0.15, 0.2) is 36.4 Å². The molecule has 0 unspecified atom stereocenters. The smallest absolute Gasteiger partial charge is 0.255 e. The Bertz CT molecular complexity index is 675. The fraction of sp³-hybridized carbons (Fsp3) is 0.294. The molecule has 2 rings (SSSR count). The zero-order valence-electron chi connectivity index (χ0n) is 12.7. The van der Waals surface area contributed by atoms with Gasteiger partial charge in [-0.25, -0.2) is 4.98 Å². The number of carbonyl (C=O) groups is 1. The summed E-state index contributed by atoms with van der Waals surface area (Å²) in [6.07, 6.45) is 0. The normalized spacial score (nSPS) is 11.3. The van der Waals surface area contributed by atoms with Crippen molar-refractivity contribution in [3.05, 3.63) is 58.4 Å². The van der Waals surface area contributed by atoms with E-state index in [1.807, 2.05) is 52.0 Å². The first kappa shape index (κ1) is 15.5. The number of halogens is 1. The topological polar surface area (TPSA) is 42.0 Å². The summed E-state index contributed by atoms with van der Waals surface area (Å²) in [5.41, 5.74) is 2.96. The maximum absolute atomic E-state index is 12.4. The summed E-state index contributed by atoms with van der Waals surface area (Å²) >= 11 is 6.04. The lowest BCUT2D eigenvalue weighted by Gasteiger charge is -2.19.